The molecule has 2 aliphatic rings. The van der Waals surface area contributed by atoms with Crippen LogP contribution in [0.2, 0.25) is 0 Å². The summed E-state index contributed by atoms with van der Waals surface area (Å²) in [6.07, 6.45) is 12.1. The van der Waals surface area contributed by atoms with Gasteiger partial charge in [0, 0.05) is 28.7 Å². The second-order valence-electron chi connectivity index (χ2n) is 5.76. The Hall–Kier alpha value is -0.610. The number of hydrogen-bond acceptors (Lipinski definition) is 4. The molecule has 0 aromatic carbocycles. The zero-order valence-corrected chi connectivity index (χ0v) is 12.3. The van der Waals surface area contributed by atoms with E-state index in [1.54, 1.807) is 0 Å². The molecule has 3 rings (SSSR count). The fourth-order valence-corrected chi connectivity index (χ4v) is 4.30. The smallest absolute Gasteiger partial charge is 0.138 e. The van der Waals surface area contributed by atoms with Gasteiger partial charge in [-0.25, -0.2) is 9.97 Å². The fourth-order valence-electron chi connectivity index (χ4n) is 3.11. The van der Waals surface area contributed by atoms with Gasteiger partial charge in [0.1, 0.15) is 5.82 Å². The number of nitrogens with zero attached hydrogens (tertiary/aromatic N) is 2. The van der Waals surface area contributed by atoms with E-state index in [-0.39, 0.29) is 6.04 Å². The first-order chi connectivity index (χ1) is 9.33. The molecule has 2 aliphatic carbocycles. The summed E-state index contributed by atoms with van der Waals surface area (Å²) in [6.45, 7) is 0. The topological polar surface area (TPSA) is 51.8 Å². The molecule has 0 spiro atoms. The van der Waals surface area contributed by atoms with Crippen LogP contribution < -0.4 is 5.73 Å². The van der Waals surface area contributed by atoms with Crippen LogP contribution in [0.3, 0.4) is 0 Å². The highest BCUT2D eigenvalue weighted by Gasteiger charge is 2.19. The van der Waals surface area contributed by atoms with E-state index in [0.29, 0.717) is 0 Å². The maximum atomic E-state index is 6.18. The van der Waals surface area contributed by atoms with E-state index in [1.807, 2.05) is 18.0 Å². The number of rotatable bonds is 3. The average Bonchev–Trinajstić information content (AvgIpc) is 2.88. The highest BCUT2D eigenvalue weighted by molar-refractivity contribution is 7.99. The molecule has 1 aromatic heterocycles. The van der Waals surface area contributed by atoms with Crippen molar-refractivity contribution in [1.82, 2.24) is 9.97 Å². The van der Waals surface area contributed by atoms with Gasteiger partial charge in [-0.05, 0) is 32.1 Å². The highest BCUT2D eigenvalue weighted by atomic mass is 32.2. The summed E-state index contributed by atoms with van der Waals surface area (Å²) < 4.78 is 0. The summed E-state index contributed by atoms with van der Waals surface area (Å²) in [6, 6.07) is 0.147. The fraction of sp³-hybridized carbons (Fsp3) is 0.733. The SMILES string of the molecule is NC1CCCCc2nc(CSC3CCCC3)ncc21. The minimum absolute atomic E-state index is 0.147. The first kappa shape index (κ1) is 13.4. The molecule has 1 saturated carbocycles. The Bertz CT molecular complexity index is 429. The molecule has 1 fully saturated rings. The molecule has 1 unspecified atom stereocenters. The van der Waals surface area contributed by atoms with Crippen molar-refractivity contribution >= 4 is 11.8 Å². The van der Waals surface area contributed by atoms with E-state index in [4.69, 9.17) is 10.7 Å². The van der Waals surface area contributed by atoms with Crippen LogP contribution in [0.4, 0.5) is 0 Å². The first-order valence-corrected chi connectivity index (χ1v) is 8.59. The van der Waals surface area contributed by atoms with Crippen molar-refractivity contribution in [3.63, 3.8) is 0 Å². The van der Waals surface area contributed by atoms with Crippen LogP contribution >= 0.6 is 11.8 Å². The maximum Gasteiger partial charge on any atom is 0.138 e. The van der Waals surface area contributed by atoms with E-state index >= 15 is 0 Å². The van der Waals surface area contributed by atoms with Gasteiger partial charge in [0.05, 0.1) is 5.75 Å². The van der Waals surface area contributed by atoms with Crippen molar-refractivity contribution in [3.05, 3.63) is 23.3 Å². The number of aromatic nitrogens is 2. The first-order valence-electron chi connectivity index (χ1n) is 7.55. The van der Waals surface area contributed by atoms with Crippen molar-refractivity contribution in [3.8, 4) is 0 Å². The van der Waals surface area contributed by atoms with Crippen molar-refractivity contribution in [2.45, 2.75) is 68.4 Å². The van der Waals surface area contributed by atoms with Gasteiger partial charge in [-0.15, -0.1) is 0 Å². The van der Waals surface area contributed by atoms with Gasteiger partial charge in [-0.3, -0.25) is 0 Å². The minimum Gasteiger partial charge on any atom is -0.324 e. The monoisotopic (exact) mass is 277 g/mol. The molecule has 0 amide bonds. The van der Waals surface area contributed by atoms with Crippen LogP contribution in [0.15, 0.2) is 6.20 Å². The number of hydrogen-bond donors (Lipinski definition) is 1. The molecule has 1 heterocycles. The average molecular weight is 277 g/mol. The predicted octanol–water partition coefficient (Wildman–Crippen LogP) is 3.38. The molecular formula is C15H23N3S. The summed E-state index contributed by atoms with van der Waals surface area (Å²) >= 11 is 2.04. The van der Waals surface area contributed by atoms with E-state index in [0.717, 1.165) is 29.7 Å². The number of thioether (sulfide) groups is 1. The second-order valence-corrected chi connectivity index (χ2v) is 7.05. The molecule has 1 atom stereocenters. The molecule has 2 N–H and O–H groups in total. The Labute approximate surface area is 119 Å². The third-order valence-electron chi connectivity index (χ3n) is 4.28. The zero-order valence-electron chi connectivity index (χ0n) is 11.5. The lowest BCUT2D eigenvalue weighted by Crippen LogP contribution is -2.13. The standard InChI is InChI=1S/C15H23N3S/c16-13-7-3-4-8-14-12(13)9-17-15(18-14)10-19-11-5-1-2-6-11/h9,11,13H,1-8,10,16H2. The molecule has 0 bridgehead atoms. The third kappa shape index (κ3) is 3.29. The Kier molecular flexibility index (Phi) is 4.38. The molecule has 0 saturated heterocycles. The van der Waals surface area contributed by atoms with Gasteiger partial charge in [0.2, 0.25) is 0 Å². The summed E-state index contributed by atoms with van der Waals surface area (Å²) in [4.78, 5) is 9.31. The van der Waals surface area contributed by atoms with E-state index in [9.17, 15) is 0 Å². The minimum atomic E-state index is 0.147. The Morgan fingerprint density at radius 2 is 1.95 bits per heavy atom. The number of nitrogens with two attached hydrogens (primary N) is 1. The Balaban J connectivity index is 1.67. The van der Waals surface area contributed by atoms with Crippen molar-refractivity contribution in [2.75, 3.05) is 0 Å². The van der Waals surface area contributed by atoms with Crippen LogP contribution in [-0.4, -0.2) is 15.2 Å². The molecule has 4 heteroatoms. The third-order valence-corrected chi connectivity index (χ3v) is 5.65. The van der Waals surface area contributed by atoms with Crippen LogP contribution in [0.25, 0.3) is 0 Å². The molecular weight excluding hydrogens is 254 g/mol. The van der Waals surface area contributed by atoms with E-state index in [2.05, 4.69) is 4.98 Å². The van der Waals surface area contributed by atoms with Crippen LogP contribution in [0.1, 0.15) is 68.1 Å². The zero-order chi connectivity index (χ0) is 13.1. The lowest BCUT2D eigenvalue weighted by Gasteiger charge is -2.13. The van der Waals surface area contributed by atoms with Gasteiger partial charge in [-0.1, -0.05) is 19.3 Å². The second kappa shape index (κ2) is 6.23. The molecule has 0 radical (unpaired) electrons. The van der Waals surface area contributed by atoms with Gasteiger partial charge in [-0.2, -0.15) is 11.8 Å². The molecule has 1 aromatic rings. The molecule has 19 heavy (non-hydrogen) atoms. The van der Waals surface area contributed by atoms with Gasteiger partial charge in [0.25, 0.3) is 0 Å². The lowest BCUT2D eigenvalue weighted by atomic mass is 10.1. The summed E-state index contributed by atoms with van der Waals surface area (Å²) in [7, 11) is 0. The number of aryl methyl sites for hydroxylation is 1. The maximum absolute atomic E-state index is 6.18. The summed E-state index contributed by atoms with van der Waals surface area (Å²) in [5, 5.41) is 0.838. The quantitative estimate of drug-likeness (QED) is 0.861. The van der Waals surface area contributed by atoms with Crippen LogP contribution in [0, 0.1) is 0 Å². The normalized spacial score (nSPS) is 24.2. The van der Waals surface area contributed by atoms with E-state index < -0.39 is 0 Å². The largest absolute Gasteiger partial charge is 0.324 e. The van der Waals surface area contributed by atoms with E-state index in [1.165, 1.54) is 49.8 Å². The van der Waals surface area contributed by atoms with Crippen molar-refractivity contribution in [1.29, 1.82) is 0 Å². The molecule has 3 nitrogen and oxygen atoms in total. The predicted molar refractivity (Wildman–Crippen MR) is 80.1 cm³/mol. The highest BCUT2D eigenvalue weighted by Crippen LogP contribution is 2.31. The van der Waals surface area contributed by atoms with Gasteiger partial charge >= 0.3 is 0 Å². The van der Waals surface area contributed by atoms with Gasteiger partial charge < -0.3 is 5.73 Å². The lowest BCUT2D eigenvalue weighted by molar-refractivity contribution is 0.614. The number of fused-ring (bicyclic) bond motifs is 1. The Morgan fingerprint density at radius 1 is 1.16 bits per heavy atom. The summed E-state index contributed by atoms with van der Waals surface area (Å²) in [5.41, 5.74) is 8.58. The van der Waals surface area contributed by atoms with Crippen molar-refractivity contribution < 1.29 is 0 Å². The van der Waals surface area contributed by atoms with Crippen LogP contribution in [-0.2, 0) is 12.2 Å². The van der Waals surface area contributed by atoms with Crippen LogP contribution in [0.5, 0.6) is 0 Å². The van der Waals surface area contributed by atoms with Gasteiger partial charge in [0.15, 0.2) is 0 Å². The Morgan fingerprint density at radius 3 is 2.79 bits per heavy atom. The molecule has 0 aliphatic heterocycles. The molecule has 104 valence electrons. The van der Waals surface area contributed by atoms with Crippen molar-refractivity contribution in [2.24, 2.45) is 5.73 Å². The summed E-state index contributed by atoms with van der Waals surface area (Å²) in [5.74, 6) is 1.97.